The second kappa shape index (κ2) is 16.1. The van der Waals surface area contributed by atoms with Gasteiger partial charge in [0.2, 0.25) is 0 Å². The molecular formula is C32H39NO3. The van der Waals surface area contributed by atoms with E-state index in [2.05, 4.69) is 55.0 Å². The second-order valence-corrected chi connectivity index (χ2v) is 8.94. The number of rotatable bonds is 13. The molecule has 2 aromatic rings. The van der Waals surface area contributed by atoms with Crippen LogP contribution in [0, 0.1) is 12.8 Å². The van der Waals surface area contributed by atoms with Crippen LogP contribution in [0.1, 0.15) is 66.9 Å². The van der Waals surface area contributed by atoms with E-state index in [9.17, 15) is 9.90 Å². The summed E-state index contributed by atoms with van der Waals surface area (Å²) in [6.07, 6.45) is 26.3. The van der Waals surface area contributed by atoms with Crippen molar-refractivity contribution >= 4 is 11.7 Å². The zero-order chi connectivity index (χ0) is 26.2. The average molecular weight is 486 g/mol. The van der Waals surface area contributed by atoms with E-state index in [-0.39, 0.29) is 0 Å². The van der Waals surface area contributed by atoms with E-state index in [4.69, 9.17) is 4.74 Å². The quantitative estimate of drug-likeness (QED) is 0.234. The van der Waals surface area contributed by atoms with Gasteiger partial charge in [0.1, 0.15) is 12.4 Å². The van der Waals surface area contributed by atoms with Gasteiger partial charge in [-0.05, 0) is 60.2 Å². The summed E-state index contributed by atoms with van der Waals surface area (Å²) in [5.41, 5.74) is 4.94. The van der Waals surface area contributed by atoms with Crippen molar-refractivity contribution in [1.82, 2.24) is 0 Å². The number of carboxylic acid groups (broad SMARTS) is 1. The lowest BCUT2D eigenvalue weighted by Crippen LogP contribution is -2.19. The molecule has 0 saturated heterocycles. The highest BCUT2D eigenvalue weighted by atomic mass is 16.5. The summed E-state index contributed by atoms with van der Waals surface area (Å²) in [6, 6.07) is 13.7. The molecule has 0 radical (unpaired) electrons. The van der Waals surface area contributed by atoms with E-state index in [1.807, 2.05) is 43.5 Å². The molecule has 1 N–H and O–H groups in total. The second-order valence-electron chi connectivity index (χ2n) is 8.94. The Hall–Kier alpha value is -3.71. The number of hydrogen-bond acceptors (Lipinski definition) is 3. The number of terminal acetylenes is 1. The molecule has 0 atom stereocenters. The van der Waals surface area contributed by atoms with Gasteiger partial charge in [0.25, 0.3) is 0 Å². The van der Waals surface area contributed by atoms with Crippen molar-refractivity contribution in [3.63, 3.8) is 0 Å². The Balaban J connectivity index is 0.00000222. The standard InChI is InChI=1S/C30H37NO3.C2H2/c1-3-4-5-6-11-14-26-17-18-27(30(32)33)21-29(26)31(2)22-24-15-19-28(20-16-24)34-23-25-12-9-7-8-10-13-25;1-2/h7-10,12,15-21H,3-6,11,13-14,22-23H2,1-2H3,(H,32,33);1-2H. The maximum atomic E-state index is 11.6. The lowest BCUT2D eigenvalue weighted by Gasteiger charge is -2.23. The summed E-state index contributed by atoms with van der Waals surface area (Å²) >= 11 is 0. The first kappa shape index (κ1) is 28.5. The predicted octanol–water partition coefficient (Wildman–Crippen LogP) is 7.60. The molecule has 1 aliphatic carbocycles. The summed E-state index contributed by atoms with van der Waals surface area (Å²) in [6.45, 7) is 3.51. The SMILES string of the molecule is C#C.CCCCCCCc1ccc(C(=O)O)cc1N(C)Cc1ccc(OCC2=CC=CC=CC2)cc1. The van der Waals surface area contributed by atoms with Gasteiger partial charge in [-0.2, -0.15) is 0 Å². The average Bonchev–Trinajstić information content (AvgIpc) is 3.18. The minimum absolute atomic E-state index is 0.331. The molecule has 0 bridgehead atoms. The highest BCUT2D eigenvalue weighted by molar-refractivity contribution is 5.89. The van der Waals surface area contributed by atoms with Crippen molar-refractivity contribution in [2.24, 2.45) is 0 Å². The summed E-state index contributed by atoms with van der Waals surface area (Å²) in [5.74, 6) is -0.0365. The highest BCUT2D eigenvalue weighted by Crippen LogP contribution is 2.26. The largest absolute Gasteiger partial charge is 0.489 e. The van der Waals surface area contributed by atoms with Gasteiger partial charge in [0.15, 0.2) is 0 Å². The van der Waals surface area contributed by atoms with Crippen LogP contribution in [0.15, 0.2) is 78.4 Å². The number of anilines is 1. The number of carbonyl (C=O) groups is 1. The third-order valence-corrected chi connectivity index (χ3v) is 6.13. The monoisotopic (exact) mass is 485 g/mol. The van der Waals surface area contributed by atoms with Crippen LogP contribution >= 0.6 is 0 Å². The molecule has 0 aromatic heterocycles. The Morgan fingerprint density at radius 3 is 2.47 bits per heavy atom. The number of benzene rings is 2. The van der Waals surface area contributed by atoms with Gasteiger partial charge in [0.05, 0.1) is 5.56 Å². The molecule has 0 heterocycles. The van der Waals surface area contributed by atoms with Crippen molar-refractivity contribution < 1.29 is 14.6 Å². The fraction of sp³-hybridized carbons (Fsp3) is 0.344. The highest BCUT2D eigenvalue weighted by Gasteiger charge is 2.13. The van der Waals surface area contributed by atoms with Gasteiger partial charge in [-0.1, -0.05) is 81.2 Å². The molecule has 4 nitrogen and oxygen atoms in total. The topological polar surface area (TPSA) is 49.8 Å². The van der Waals surface area contributed by atoms with E-state index < -0.39 is 5.97 Å². The Morgan fingerprint density at radius 1 is 1.00 bits per heavy atom. The molecule has 0 spiro atoms. The van der Waals surface area contributed by atoms with Crippen LogP contribution < -0.4 is 9.64 Å². The number of carboxylic acids is 1. The van der Waals surface area contributed by atoms with Crippen LogP contribution in [-0.4, -0.2) is 24.7 Å². The first-order valence-electron chi connectivity index (χ1n) is 12.7. The number of unbranched alkanes of at least 4 members (excludes halogenated alkanes) is 4. The summed E-state index contributed by atoms with van der Waals surface area (Å²) in [5, 5.41) is 9.49. The number of aryl methyl sites for hydroxylation is 1. The van der Waals surface area contributed by atoms with Crippen molar-refractivity contribution in [2.45, 2.75) is 58.4 Å². The van der Waals surface area contributed by atoms with E-state index in [1.165, 1.54) is 36.8 Å². The predicted molar refractivity (Wildman–Crippen MR) is 151 cm³/mol. The van der Waals surface area contributed by atoms with Crippen LogP contribution in [0.4, 0.5) is 5.69 Å². The lowest BCUT2D eigenvalue weighted by molar-refractivity contribution is 0.0697. The zero-order valence-electron chi connectivity index (χ0n) is 21.7. The molecule has 0 aliphatic heterocycles. The molecular weight excluding hydrogens is 446 g/mol. The van der Waals surface area contributed by atoms with E-state index >= 15 is 0 Å². The third kappa shape index (κ3) is 9.50. The number of nitrogens with zero attached hydrogens (tertiary/aromatic N) is 1. The smallest absolute Gasteiger partial charge is 0.335 e. The van der Waals surface area contributed by atoms with Crippen molar-refractivity contribution in [3.8, 4) is 18.6 Å². The van der Waals surface area contributed by atoms with Crippen molar-refractivity contribution in [2.75, 3.05) is 18.6 Å². The fourth-order valence-corrected chi connectivity index (χ4v) is 4.14. The van der Waals surface area contributed by atoms with E-state index in [1.54, 1.807) is 6.07 Å². The molecule has 0 fully saturated rings. The molecule has 190 valence electrons. The van der Waals surface area contributed by atoms with Crippen molar-refractivity contribution in [3.05, 3.63) is 95.1 Å². The Bertz CT molecular complexity index is 1060. The van der Waals surface area contributed by atoms with Gasteiger partial charge in [-0.25, -0.2) is 4.79 Å². The van der Waals surface area contributed by atoms with Crippen LogP contribution in [0.5, 0.6) is 5.75 Å². The van der Waals surface area contributed by atoms with E-state index in [0.717, 1.165) is 36.3 Å². The Morgan fingerprint density at radius 2 is 1.75 bits per heavy atom. The molecule has 36 heavy (non-hydrogen) atoms. The number of ether oxygens (including phenoxy) is 1. The minimum Gasteiger partial charge on any atom is -0.489 e. The number of aromatic carboxylic acids is 1. The number of allylic oxidation sites excluding steroid dienone is 5. The van der Waals surface area contributed by atoms with Crippen LogP contribution in [0.2, 0.25) is 0 Å². The van der Waals surface area contributed by atoms with Gasteiger partial charge in [-0.15, -0.1) is 12.8 Å². The van der Waals surface area contributed by atoms with Gasteiger partial charge in [0, 0.05) is 19.3 Å². The van der Waals surface area contributed by atoms with Gasteiger partial charge in [-0.3, -0.25) is 0 Å². The summed E-state index contributed by atoms with van der Waals surface area (Å²) in [4.78, 5) is 13.7. The normalized spacial score (nSPS) is 12.2. The Labute approximate surface area is 217 Å². The molecule has 3 rings (SSSR count). The van der Waals surface area contributed by atoms with Crippen LogP contribution in [0.3, 0.4) is 0 Å². The van der Waals surface area contributed by atoms with Crippen molar-refractivity contribution in [1.29, 1.82) is 0 Å². The first-order chi connectivity index (χ1) is 17.6. The zero-order valence-corrected chi connectivity index (χ0v) is 21.7. The Kier molecular flexibility index (Phi) is 12.7. The lowest BCUT2D eigenvalue weighted by atomic mass is 10.0. The summed E-state index contributed by atoms with van der Waals surface area (Å²) in [7, 11) is 2.03. The van der Waals surface area contributed by atoms with Crippen LogP contribution in [-0.2, 0) is 13.0 Å². The van der Waals surface area contributed by atoms with Gasteiger partial charge >= 0.3 is 5.97 Å². The minimum atomic E-state index is -0.889. The third-order valence-electron chi connectivity index (χ3n) is 6.13. The molecule has 4 heteroatoms. The maximum absolute atomic E-state index is 11.6. The summed E-state index contributed by atoms with van der Waals surface area (Å²) < 4.78 is 5.96. The molecule has 1 aliphatic rings. The number of hydrogen-bond donors (Lipinski definition) is 1. The molecule has 0 unspecified atom stereocenters. The van der Waals surface area contributed by atoms with Crippen LogP contribution in [0.25, 0.3) is 0 Å². The van der Waals surface area contributed by atoms with E-state index in [0.29, 0.717) is 18.7 Å². The maximum Gasteiger partial charge on any atom is 0.335 e. The molecule has 0 saturated carbocycles. The molecule has 0 amide bonds. The fourth-order valence-electron chi connectivity index (χ4n) is 4.14. The molecule has 2 aromatic carbocycles. The first-order valence-corrected chi connectivity index (χ1v) is 12.7. The van der Waals surface area contributed by atoms with Gasteiger partial charge < -0.3 is 14.7 Å².